The second kappa shape index (κ2) is 8.89. The second-order valence-electron chi connectivity index (χ2n) is 7.60. The third kappa shape index (κ3) is 4.75. The van der Waals surface area contributed by atoms with E-state index < -0.39 is 5.97 Å². The van der Waals surface area contributed by atoms with Gasteiger partial charge >= 0.3 is 5.97 Å². The number of carbonyl (C=O) groups is 1. The lowest BCUT2D eigenvalue weighted by Crippen LogP contribution is -2.23. The Morgan fingerprint density at radius 2 is 1.75 bits per heavy atom. The van der Waals surface area contributed by atoms with E-state index in [-0.39, 0.29) is 17.7 Å². The smallest absolute Gasteiger partial charge is 0.335 e. The molecule has 2 aromatic heterocycles. The fraction of sp³-hybridized carbons (Fsp3) is 0.167. The number of nitrogens with two attached hydrogens (primary N) is 1. The van der Waals surface area contributed by atoms with Gasteiger partial charge in [0.25, 0.3) is 5.56 Å². The van der Waals surface area contributed by atoms with Crippen molar-refractivity contribution in [1.29, 1.82) is 0 Å². The summed E-state index contributed by atoms with van der Waals surface area (Å²) in [5.41, 5.74) is 10.1. The van der Waals surface area contributed by atoms with Crippen LogP contribution in [0.15, 0.2) is 71.5 Å². The summed E-state index contributed by atoms with van der Waals surface area (Å²) in [6.45, 7) is 2.87. The Balaban J connectivity index is 1.56. The Hall–Kier alpha value is -4.20. The van der Waals surface area contributed by atoms with Crippen molar-refractivity contribution in [2.45, 2.75) is 26.4 Å². The van der Waals surface area contributed by atoms with Crippen LogP contribution in [-0.2, 0) is 19.5 Å². The Morgan fingerprint density at radius 1 is 0.969 bits per heavy atom. The summed E-state index contributed by atoms with van der Waals surface area (Å²) < 4.78 is 3.23. The summed E-state index contributed by atoms with van der Waals surface area (Å²) in [5.74, 6) is -0.498. The molecule has 4 aromatic rings. The van der Waals surface area contributed by atoms with Crippen LogP contribution in [0.3, 0.4) is 0 Å². The molecule has 0 radical (unpaired) electrons. The van der Waals surface area contributed by atoms with E-state index in [0.717, 1.165) is 23.2 Å². The van der Waals surface area contributed by atoms with Gasteiger partial charge in [-0.1, -0.05) is 30.3 Å². The van der Waals surface area contributed by atoms with Gasteiger partial charge in [0.1, 0.15) is 5.82 Å². The summed E-state index contributed by atoms with van der Waals surface area (Å²) in [6.07, 6.45) is 0.775. The topological polar surface area (TPSA) is 116 Å². The van der Waals surface area contributed by atoms with E-state index in [9.17, 15) is 14.7 Å². The minimum atomic E-state index is -1.01. The highest BCUT2D eigenvalue weighted by Gasteiger charge is 2.08. The van der Waals surface area contributed by atoms with Gasteiger partial charge in [-0.3, -0.25) is 9.48 Å². The van der Waals surface area contributed by atoms with Crippen molar-refractivity contribution in [1.82, 2.24) is 19.6 Å². The Labute approximate surface area is 184 Å². The van der Waals surface area contributed by atoms with Crippen molar-refractivity contribution in [2.75, 3.05) is 5.73 Å². The highest BCUT2D eigenvalue weighted by Crippen LogP contribution is 2.18. The van der Waals surface area contributed by atoms with Crippen LogP contribution < -0.4 is 11.3 Å². The summed E-state index contributed by atoms with van der Waals surface area (Å²) >= 11 is 0. The average Bonchev–Trinajstić information content (AvgIpc) is 3.11. The molecule has 2 heterocycles. The van der Waals surface area contributed by atoms with Crippen molar-refractivity contribution in [2.24, 2.45) is 0 Å². The first-order valence-corrected chi connectivity index (χ1v) is 10.2. The van der Waals surface area contributed by atoms with Crippen LogP contribution in [0.2, 0.25) is 0 Å². The molecule has 0 aliphatic carbocycles. The zero-order chi connectivity index (χ0) is 22.7. The van der Waals surface area contributed by atoms with Gasteiger partial charge in [0.05, 0.1) is 17.8 Å². The van der Waals surface area contributed by atoms with Gasteiger partial charge < -0.3 is 10.8 Å². The summed E-state index contributed by atoms with van der Waals surface area (Å²) in [4.78, 5) is 23.6. The zero-order valence-corrected chi connectivity index (χ0v) is 17.6. The average molecular weight is 429 g/mol. The van der Waals surface area contributed by atoms with Crippen LogP contribution >= 0.6 is 0 Å². The van der Waals surface area contributed by atoms with Crippen LogP contribution in [-0.4, -0.2) is 30.6 Å². The molecule has 0 amide bonds. The molecule has 32 heavy (non-hydrogen) atoms. The number of nitrogen functional groups attached to an aromatic ring is 1. The molecule has 0 saturated carbocycles. The van der Waals surface area contributed by atoms with Gasteiger partial charge in [-0.25, -0.2) is 9.48 Å². The second-order valence-corrected chi connectivity index (χ2v) is 7.60. The van der Waals surface area contributed by atoms with Gasteiger partial charge in [-0.2, -0.15) is 10.2 Å². The lowest BCUT2D eigenvalue weighted by molar-refractivity contribution is 0.0696. The van der Waals surface area contributed by atoms with Crippen LogP contribution in [0.1, 0.15) is 27.2 Å². The molecule has 4 rings (SSSR count). The first-order valence-electron chi connectivity index (χ1n) is 10.2. The predicted octanol–water partition coefficient (Wildman–Crippen LogP) is 2.99. The molecule has 162 valence electrons. The number of anilines is 1. The van der Waals surface area contributed by atoms with E-state index in [2.05, 4.69) is 10.2 Å². The molecule has 2 aromatic carbocycles. The fourth-order valence-corrected chi connectivity index (χ4v) is 3.57. The monoisotopic (exact) mass is 429 g/mol. The van der Waals surface area contributed by atoms with E-state index in [4.69, 9.17) is 5.73 Å². The molecular weight excluding hydrogens is 406 g/mol. The van der Waals surface area contributed by atoms with Crippen LogP contribution in [0.25, 0.3) is 11.3 Å². The number of benzene rings is 2. The third-order valence-electron chi connectivity index (χ3n) is 5.21. The van der Waals surface area contributed by atoms with Crippen molar-refractivity contribution in [3.8, 4) is 11.3 Å². The highest BCUT2D eigenvalue weighted by atomic mass is 16.4. The van der Waals surface area contributed by atoms with Gasteiger partial charge in [-0.15, -0.1) is 0 Å². The molecule has 0 bridgehead atoms. The molecular formula is C24H23N5O3. The number of hydrogen-bond acceptors (Lipinski definition) is 5. The molecule has 0 saturated heterocycles. The number of aromatic nitrogens is 4. The normalized spacial score (nSPS) is 10.9. The van der Waals surface area contributed by atoms with Crippen molar-refractivity contribution in [3.63, 3.8) is 0 Å². The third-order valence-corrected chi connectivity index (χ3v) is 5.21. The molecule has 8 heteroatoms. The maximum Gasteiger partial charge on any atom is 0.335 e. The molecule has 0 unspecified atom stereocenters. The molecule has 3 N–H and O–H groups in total. The quantitative estimate of drug-likeness (QED) is 0.467. The van der Waals surface area contributed by atoms with E-state index in [0.29, 0.717) is 23.6 Å². The first kappa shape index (κ1) is 21.0. The SMILES string of the molecule is Cc1cc(N)nn1CCc1cccc(-c2ccc(=O)n(Cc3cccc(C(=O)O)c3)n2)c1. The molecule has 0 spiro atoms. The number of rotatable bonds is 7. The van der Waals surface area contributed by atoms with Gasteiger partial charge in [0.2, 0.25) is 0 Å². The van der Waals surface area contributed by atoms with Crippen molar-refractivity contribution < 1.29 is 9.90 Å². The van der Waals surface area contributed by atoms with Gasteiger partial charge in [0.15, 0.2) is 0 Å². The summed E-state index contributed by atoms with van der Waals surface area (Å²) in [6, 6.07) is 19.5. The predicted molar refractivity (Wildman–Crippen MR) is 122 cm³/mol. The van der Waals surface area contributed by atoms with Gasteiger partial charge in [-0.05, 0) is 48.7 Å². The summed E-state index contributed by atoms with van der Waals surface area (Å²) in [5, 5.41) is 18.0. The number of hydrogen-bond donors (Lipinski definition) is 2. The lowest BCUT2D eigenvalue weighted by atomic mass is 10.1. The number of nitrogens with zero attached hydrogens (tertiary/aromatic N) is 4. The number of aryl methyl sites for hydroxylation is 3. The minimum Gasteiger partial charge on any atom is -0.478 e. The largest absolute Gasteiger partial charge is 0.478 e. The van der Waals surface area contributed by atoms with E-state index in [1.54, 1.807) is 24.3 Å². The lowest BCUT2D eigenvalue weighted by Gasteiger charge is -2.10. The van der Waals surface area contributed by atoms with Crippen LogP contribution in [0.5, 0.6) is 0 Å². The Bertz CT molecular complexity index is 1340. The number of aromatic carboxylic acids is 1. The van der Waals surface area contributed by atoms with Crippen molar-refractivity contribution in [3.05, 3.63) is 99.5 Å². The zero-order valence-electron chi connectivity index (χ0n) is 17.6. The minimum absolute atomic E-state index is 0.175. The van der Waals surface area contributed by atoms with E-state index in [1.807, 2.05) is 41.9 Å². The summed E-state index contributed by atoms with van der Waals surface area (Å²) in [7, 11) is 0. The van der Waals surface area contributed by atoms with Crippen LogP contribution in [0.4, 0.5) is 5.82 Å². The first-order chi connectivity index (χ1) is 15.4. The molecule has 0 aliphatic heterocycles. The maximum absolute atomic E-state index is 12.4. The molecule has 0 atom stereocenters. The van der Waals surface area contributed by atoms with Gasteiger partial charge in [0, 0.05) is 29.9 Å². The van der Waals surface area contributed by atoms with Crippen molar-refractivity contribution >= 4 is 11.8 Å². The standard InChI is InChI=1S/C24H23N5O3/c1-16-12-22(25)27-28(16)11-10-17-4-2-6-19(13-17)21-8-9-23(30)29(26-21)15-18-5-3-7-20(14-18)24(31)32/h2-9,12-14H,10-11,15H2,1H3,(H2,25,27)(H,31,32). The molecule has 8 nitrogen and oxygen atoms in total. The van der Waals surface area contributed by atoms with E-state index in [1.165, 1.54) is 16.8 Å². The molecule has 0 aliphatic rings. The van der Waals surface area contributed by atoms with E-state index >= 15 is 0 Å². The maximum atomic E-state index is 12.4. The fourth-order valence-electron chi connectivity index (χ4n) is 3.57. The number of carboxylic acids is 1. The highest BCUT2D eigenvalue weighted by molar-refractivity contribution is 5.87. The Morgan fingerprint density at radius 3 is 2.50 bits per heavy atom. The number of carboxylic acid groups (broad SMARTS) is 1. The molecule has 0 fully saturated rings. The Kier molecular flexibility index (Phi) is 5.85. The van der Waals surface area contributed by atoms with Crippen LogP contribution in [0, 0.1) is 6.92 Å².